The summed E-state index contributed by atoms with van der Waals surface area (Å²) in [5.41, 5.74) is 2.40. The Kier molecular flexibility index (Phi) is 1.62. The van der Waals surface area contributed by atoms with E-state index in [4.69, 9.17) is 11.6 Å². The Morgan fingerprint density at radius 1 is 1.42 bits per heavy atom. The normalized spacial score (nSPS) is 10.5. The van der Waals surface area contributed by atoms with Gasteiger partial charge in [-0.1, -0.05) is 11.6 Å². The van der Waals surface area contributed by atoms with Crippen molar-refractivity contribution in [2.24, 2.45) is 0 Å². The molecular weight excluding hydrogens is 176 g/mol. The number of hydrogen-bond donors (Lipinski definition) is 2. The molecule has 0 aliphatic heterocycles. The molecule has 0 radical (unpaired) electrons. The van der Waals surface area contributed by atoms with Crippen LogP contribution in [0.1, 0.15) is 5.69 Å². The minimum Gasteiger partial charge on any atom is -0.281 e. The van der Waals surface area contributed by atoms with E-state index in [0.717, 1.165) is 11.4 Å². The fraction of sp³-hybridized carbons (Fsp3) is 0.143. The quantitative estimate of drug-likeness (QED) is 0.706. The Bertz CT molecular complexity index is 376. The summed E-state index contributed by atoms with van der Waals surface area (Å²) in [5, 5.41) is 14.1. The number of H-pyrrole nitrogens is 2. The van der Waals surface area contributed by atoms with Crippen LogP contribution in [-0.2, 0) is 0 Å². The topological polar surface area (TPSA) is 57.4 Å². The second kappa shape index (κ2) is 2.64. The van der Waals surface area contributed by atoms with Crippen LogP contribution < -0.4 is 0 Å². The molecule has 0 fully saturated rings. The molecule has 0 saturated heterocycles. The molecule has 0 amide bonds. The molecule has 0 spiro atoms. The van der Waals surface area contributed by atoms with Gasteiger partial charge in [-0.05, 0) is 13.0 Å². The minimum atomic E-state index is 0.638. The van der Waals surface area contributed by atoms with Gasteiger partial charge in [0.05, 0.1) is 16.4 Å². The van der Waals surface area contributed by atoms with Gasteiger partial charge < -0.3 is 0 Å². The highest BCUT2D eigenvalue weighted by molar-refractivity contribution is 6.33. The summed E-state index contributed by atoms with van der Waals surface area (Å²) in [5.74, 6) is 0. The lowest BCUT2D eigenvalue weighted by Crippen LogP contribution is -1.78. The van der Waals surface area contributed by atoms with E-state index in [1.165, 1.54) is 0 Å². The number of nitrogens with zero attached hydrogens (tertiary/aromatic N) is 2. The van der Waals surface area contributed by atoms with Gasteiger partial charge in [0.15, 0.2) is 0 Å². The van der Waals surface area contributed by atoms with Gasteiger partial charge in [-0.25, -0.2) is 0 Å². The Morgan fingerprint density at radius 2 is 2.25 bits per heavy atom. The third-order valence-corrected chi connectivity index (χ3v) is 2.09. The summed E-state index contributed by atoms with van der Waals surface area (Å²) in [4.78, 5) is 0. The zero-order chi connectivity index (χ0) is 8.55. The van der Waals surface area contributed by atoms with Crippen molar-refractivity contribution >= 4 is 11.6 Å². The van der Waals surface area contributed by atoms with Crippen LogP contribution in [0.3, 0.4) is 0 Å². The average molecular weight is 183 g/mol. The average Bonchev–Trinajstić information content (AvgIpc) is 2.64. The van der Waals surface area contributed by atoms with Crippen LogP contribution in [0.15, 0.2) is 12.3 Å². The maximum Gasteiger partial charge on any atom is 0.129 e. The van der Waals surface area contributed by atoms with E-state index in [-0.39, 0.29) is 0 Å². The summed E-state index contributed by atoms with van der Waals surface area (Å²) in [7, 11) is 0. The number of nitrogens with one attached hydrogen (secondary N) is 2. The van der Waals surface area contributed by atoms with Gasteiger partial charge in [0.1, 0.15) is 5.69 Å². The summed E-state index contributed by atoms with van der Waals surface area (Å²) in [6.45, 7) is 1.87. The fourth-order valence-electron chi connectivity index (χ4n) is 0.982. The Balaban J connectivity index is 2.55. The molecule has 0 bridgehead atoms. The van der Waals surface area contributed by atoms with Crippen LogP contribution in [0.5, 0.6) is 0 Å². The van der Waals surface area contributed by atoms with E-state index in [1.807, 2.05) is 13.0 Å². The second-order valence-electron chi connectivity index (χ2n) is 2.48. The molecule has 2 aromatic heterocycles. The second-order valence-corrected chi connectivity index (χ2v) is 2.86. The molecule has 0 aliphatic carbocycles. The largest absolute Gasteiger partial charge is 0.281 e. The van der Waals surface area contributed by atoms with Crippen molar-refractivity contribution in [2.45, 2.75) is 6.92 Å². The van der Waals surface area contributed by atoms with E-state index in [2.05, 4.69) is 20.4 Å². The predicted octanol–water partition coefficient (Wildman–Crippen LogP) is 1.76. The van der Waals surface area contributed by atoms with E-state index in [1.54, 1.807) is 6.20 Å². The number of hydrogen-bond acceptors (Lipinski definition) is 2. The maximum absolute atomic E-state index is 5.96. The van der Waals surface area contributed by atoms with Crippen molar-refractivity contribution in [3.8, 4) is 11.4 Å². The van der Waals surface area contributed by atoms with Crippen LogP contribution in [0.2, 0.25) is 5.02 Å². The van der Waals surface area contributed by atoms with Crippen LogP contribution in [0.25, 0.3) is 11.4 Å². The predicted molar refractivity (Wildman–Crippen MR) is 45.9 cm³/mol. The Labute approximate surface area is 74.0 Å². The molecule has 0 aromatic carbocycles. The third-order valence-electron chi connectivity index (χ3n) is 1.63. The van der Waals surface area contributed by atoms with E-state index >= 15 is 0 Å². The Morgan fingerprint density at radius 3 is 2.75 bits per heavy atom. The standard InChI is InChI=1S/C7H7ClN4/c1-4-6(8)7(12-10-4)5-2-3-9-11-5/h2-3H,1H3,(H,9,11)(H,10,12). The van der Waals surface area contributed by atoms with Crippen molar-refractivity contribution in [3.05, 3.63) is 23.0 Å². The van der Waals surface area contributed by atoms with Crippen molar-refractivity contribution in [1.29, 1.82) is 0 Å². The Hall–Kier alpha value is -1.29. The minimum absolute atomic E-state index is 0.638. The van der Waals surface area contributed by atoms with Crippen LogP contribution in [0.4, 0.5) is 0 Å². The molecule has 0 saturated carbocycles. The first-order chi connectivity index (χ1) is 5.79. The van der Waals surface area contributed by atoms with Gasteiger partial charge in [0, 0.05) is 6.20 Å². The third kappa shape index (κ3) is 1.00. The van der Waals surface area contributed by atoms with Gasteiger partial charge in [0.25, 0.3) is 0 Å². The molecule has 0 aliphatic rings. The lowest BCUT2D eigenvalue weighted by Gasteiger charge is -1.89. The van der Waals surface area contributed by atoms with Gasteiger partial charge in [0.2, 0.25) is 0 Å². The summed E-state index contributed by atoms with van der Waals surface area (Å²) in [6, 6.07) is 1.82. The molecule has 5 heteroatoms. The van der Waals surface area contributed by atoms with Crippen molar-refractivity contribution < 1.29 is 0 Å². The van der Waals surface area contributed by atoms with Crippen molar-refractivity contribution in [3.63, 3.8) is 0 Å². The van der Waals surface area contributed by atoms with Crippen LogP contribution in [0, 0.1) is 6.92 Å². The lowest BCUT2D eigenvalue weighted by atomic mass is 10.3. The fourth-order valence-corrected chi connectivity index (χ4v) is 1.17. The molecule has 2 N–H and O–H groups in total. The molecule has 2 heterocycles. The zero-order valence-electron chi connectivity index (χ0n) is 6.43. The number of aromatic nitrogens is 4. The van der Waals surface area contributed by atoms with Gasteiger partial charge in [-0.3, -0.25) is 10.2 Å². The molecule has 62 valence electrons. The molecule has 0 atom stereocenters. The van der Waals surface area contributed by atoms with E-state index in [9.17, 15) is 0 Å². The smallest absolute Gasteiger partial charge is 0.129 e. The highest BCUT2D eigenvalue weighted by Gasteiger charge is 2.09. The number of rotatable bonds is 1. The first-order valence-corrected chi connectivity index (χ1v) is 3.87. The molecule has 0 unspecified atom stereocenters. The van der Waals surface area contributed by atoms with Gasteiger partial charge in [-0.15, -0.1) is 0 Å². The first kappa shape index (κ1) is 7.36. The van der Waals surface area contributed by atoms with Gasteiger partial charge >= 0.3 is 0 Å². The van der Waals surface area contributed by atoms with Crippen molar-refractivity contribution in [2.75, 3.05) is 0 Å². The molecular formula is C7H7ClN4. The first-order valence-electron chi connectivity index (χ1n) is 3.49. The summed E-state index contributed by atoms with van der Waals surface area (Å²) in [6.07, 6.45) is 1.66. The highest BCUT2D eigenvalue weighted by atomic mass is 35.5. The molecule has 12 heavy (non-hydrogen) atoms. The van der Waals surface area contributed by atoms with Gasteiger partial charge in [-0.2, -0.15) is 10.2 Å². The van der Waals surface area contributed by atoms with Crippen molar-refractivity contribution in [1.82, 2.24) is 20.4 Å². The molecule has 2 aromatic rings. The zero-order valence-corrected chi connectivity index (χ0v) is 7.18. The number of aryl methyl sites for hydroxylation is 1. The van der Waals surface area contributed by atoms with E-state index in [0.29, 0.717) is 10.7 Å². The van der Waals surface area contributed by atoms with Crippen LogP contribution >= 0.6 is 11.6 Å². The summed E-state index contributed by atoms with van der Waals surface area (Å²) >= 11 is 5.96. The maximum atomic E-state index is 5.96. The number of halogens is 1. The van der Waals surface area contributed by atoms with Crippen LogP contribution in [-0.4, -0.2) is 20.4 Å². The summed E-state index contributed by atoms with van der Waals surface area (Å²) < 4.78 is 0. The molecule has 2 rings (SSSR count). The highest BCUT2D eigenvalue weighted by Crippen LogP contribution is 2.25. The monoisotopic (exact) mass is 182 g/mol. The number of aromatic amines is 2. The SMILES string of the molecule is Cc1[nH]nc(-c2ccn[nH]2)c1Cl. The lowest BCUT2D eigenvalue weighted by molar-refractivity contribution is 1.03. The van der Waals surface area contributed by atoms with E-state index < -0.39 is 0 Å². The molecule has 4 nitrogen and oxygen atoms in total.